The Balaban J connectivity index is 1.40. The molecule has 0 spiro atoms. The Bertz CT molecular complexity index is 1080. The highest BCUT2D eigenvalue weighted by atomic mass is 32.2. The highest BCUT2D eigenvalue weighted by Gasteiger charge is 2.47. The molecule has 2 aliphatic rings. The minimum atomic E-state index is -1.48. The maximum Gasteiger partial charge on any atom is 0.137 e. The van der Waals surface area contributed by atoms with Crippen LogP contribution in [0, 0.1) is 5.82 Å². The fourth-order valence-corrected chi connectivity index (χ4v) is 5.63. The van der Waals surface area contributed by atoms with Gasteiger partial charge in [-0.25, -0.2) is 24.0 Å². The molecule has 2 aromatic heterocycles. The molecule has 1 saturated heterocycles. The van der Waals surface area contributed by atoms with Crippen molar-refractivity contribution in [3.63, 3.8) is 0 Å². The number of hydrogen-bond donors (Lipinski definition) is 1. The fourth-order valence-electron chi connectivity index (χ4n) is 4.34. The molecule has 31 heavy (non-hydrogen) atoms. The molecule has 1 fully saturated rings. The molecule has 2 aliphatic heterocycles. The number of aliphatic hydroxyl groups is 1. The summed E-state index contributed by atoms with van der Waals surface area (Å²) in [5, 5.41) is 17.2. The van der Waals surface area contributed by atoms with Crippen LogP contribution in [0.1, 0.15) is 18.1 Å². The van der Waals surface area contributed by atoms with E-state index < -0.39 is 11.4 Å². The Labute approximate surface area is 183 Å². The van der Waals surface area contributed by atoms with Gasteiger partial charge in [-0.05, 0) is 13.0 Å². The van der Waals surface area contributed by atoms with Crippen molar-refractivity contribution in [2.45, 2.75) is 36.4 Å². The van der Waals surface area contributed by atoms with Crippen LogP contribution in [0.5, 0.6) is 0 Å². The summed E-state index contributed by atoms with van der Waals surface area (Å²) >= 11 is 1.72. The number of aromatic nitrogens is 5. The monoisotopic (exact) mass is 439 g/mol. The van der Waals surface area contributed by atoms with Gasteiger partial charge in [0.2, 0.25) is 0 Å². The molecule has 160 valence electrons. The molecule has 0 amide bonds. The van der Waals surface area contributed by atoms with E-state index in [9.17, 15) is 9.50 Å². The van der Waals surface area contributed by atoms with Crippen LogP contribution in [0.2, 0.25) is 0 Å². The molecule has 8 nitrogen and oxygen atoms in total. The zero-order valence-corrected chi connectivity index (χ0v) is 17.7. The molecule has 4 atom stereocenters. The number of benzene rings is 1. The molecule has 0 saturated carbocycles. The quantitative estimate of drug-likeness (QED) is 0.625. The van der Waals surface area contributed by atoms with Crippen LogP contribution in [-0.2, 0) is 12.1 Å². The number of rotatable bonds is 6. The first-order chi connectivity index (χ1) is 15.0. The van der Waals surface area contributed by atoms with Gasteiger partial charge >= 0.3 is 0 Å². The van der Waals surface area contributed by atoms with Gasteiger partial charge in [0.1, 0.15) is 35.4 Å². The Hall–Kier alpha value is -2.69. The lowest BCUT2D eigenvalue weighted by molar-refractivity contribution is -0.0579. The zero-order chi connectivity index (χ0) is 21.4. The molecule has 0 aliphatic carbocycles. The van der Waals surface area contributed by atoms with Gasteiger partial charge in [-0.1, -0.05) is 30.0 Å². The summed E-state index contributed by atoms with van der Waals surface area (Å²) in [5.74, 6) is -0.435. The average Bonchev–Trinajstić information content (AvgIpc) is 3.51. The topological polar surface area (TPSA) is 92.3 Å². The third-order valence-electron chi connectivity index (χ3n) is 6.07. The van der Waals surface area contributed by atoms with Gasteiger partial charge in [-0.15, -0.1) is 0 Å². The van der Waals surface area contributed by atoms with Crippen LogP contribution in [0.4, 0.5) is 4.39 Å². The molecular formula is C21H22FN7OS. The minimum absolute atomic E-state index is 0.101. The van der Waals surface area contributed by atoms with Crippen molar-refractivity contribution in [1.29, 1.82) is 0 Å². The first-order valence-corrected chi connectivity index (χ1v) is 11.0. The van der Waals surface area contributed by atoms with Crippen LogP contribution in [-0.4, -0.2) is 70.2 Å². The third kappa shape index (κ3) is 3.75. The van der Waals surface area contributed by atoms with E-state index in [1.807, 2.05) is 6.92 Å². The highest BCUT2D eigenvalue weighted by molar-refractivity contribution is 8.15. The molecule has 10 heteroatoms. The van der Waals surface area contributed by atoms with E-state index in [0.717, 1.165) is 17.2 Å². The van der Waals surface area contributed by atoms with Gasteiger partial charge in [0, 0.05) is 47.9 Å². The van der Waals surface area contributed by atoms with E-state index in [1.54, 1.807) is 47.0 Å². The summed E-state index contributed by atoms with van der Waals surface area (Å²) in [7, 11) is 0. The van der Waals surface area contributed by atoms with Gasteiger partial charge in [0.15, 0.2) is 0 Å². The molecule has 1 aromatic carbocycles. The molecule has 4 heterocycles. The van der Waals surface area contributed by atoms with Crippen molar-refractivity contribution in [3.8, 4) is 0 Å². The van der Waals surface area contributed by atoms with Crippen LogP contribution >= 0.6 is 11.8 Å². The van der Waals surface area contributed by atoms with E-state index in [0.29, 0.717) is 6.54 Å². The number of nitrogens with zero attached hydrogens (tertiary/aromatic N) is 7. The van der Waals surface area contributed by atoms with Crippen molar-refractivity contribution in [2.75, 3.05) is 13.1 Å². The summed E-state index contributed by atoms with van der Waals surface area (Å²) < 4.78 is 16.3. The number of fused-ring (bicyclic) bond motifs is 1. The van der Waals surface area contributed by atoms with E-state index >= 15 is 0 Å². The molecular weight excluding hydrogens is 417 g/mol. The van der Waals surface area contributed by atoms with Crippen LogP contribution < -0.4 is 0 Å². The Morgan fingerprint density at radius 1 is 1.19 bits per heavy atom. The van der Waals surface area contributed by atoms with Crippen molar-refractivity contribution in [1.82, 2.24) is 29.6 Å². The van der Waals surface area contributed by atoms with E-state index in [2.05, 4.69) is 25.0 Å². The lowest BCUT2D eigenvalue weighted by Crippen LogP contribution is -2.51. The highest BCUT2D eigenvalue weighted by Crippen LogP contribution is 2.39. The zero-order valence-electron chi connectivity index (χ0n) is 16.9. The summed E-state index contributed by atoms with van der Waals surface area (Å²) in [5.41, 5.74) is -0.300. The maximum atomic E-state index is 14.8. The summed E-state index contributed by atoms with van der Waals surface area (Å²) in [4.78, 5) is 19.2. The van der Waals surface area contributed by atoms with Gasteiger partial charge in [-0.3, -0.25) is 9.89 Å². The van der Waals surface area contributed by atoms with Crippen molar-refractivity contribution in [3.05, 3.63) is 72.6 Å². The summed E-state index contributed by atoms with van der Waals surface area (Å²) in [6.45, 7) is 3.46. The van der Waals surface area contributed by atoms with Gasteiger partial charge in [-0.2, -0.15) is 5.10 Å². The lowest BCUT2D eigenvalue weighted by Gasteiger charge is -2.40. The molecule has 3 aromatic rings. The van der Waals surface area contributed by atoms with E-state index in [4.69, 9.17) is 4.99 Å². The average molecular weight is 440 g/mol. The normalized spacial score (nSPS) is 23.9. The molecule has 1 N–H and O–H groups in total. The van der Waals surface area contributed by atoms with Gasteiger partial charge < -0.3 is 5.11 Å². The van der Waals surface area contributed by atoms with Crippen LogP contribution in [0.25, 0.3) is 0 Å². The number of halogens is 1. The molecule has 0 radical (unpaired) electrons. The van der Waals surface area contributed by atoms with Crippen molar-refractivity contribution < 1.29 is 9.50 Å². The number of hydrogen-bond acceptors (Lipinski definition) is 8. The third-order valence-corrected chi connectivity index (χ3v) is 7.40. The van der Waals surface area contributed by atoms with Gasteiger partial charge in [0.05, 0.1) is 12.6 Å². The van der Waals surface area contributed by atoms with E-state index in [-0.39, 0.29) is 29.4 Å². The first kappa shape index (κ1) is 20.2. The van der Waals surface area contributed by atoms with E-state index in [1.165, 1.54) is 25.0 Å². The minimum Gasteiger partial charge on any atom is -0.381 e. The fraction of sp³-hybridized carbons (Fsp3) is 0.381. The van der Waals surface area contributed by atoms with Crippen LogP contribution in [0.3, 0.4) is 0 Å². The first-order valence-electron chi connectivity index (χ1n) is 10.1. The standard InChI is InChI=1S/C21H22FN7OS/c1-14(21(30,10-29-13-25-12-26-29)16-4-2-3-5-17(16)22)28-8-18-19(9-28)31-20(27-18)15-6-23-11-24-7-15/h2-7,11-14,18-19,30H,8-10H2,1H3/t14-,18?,19?,21-/m1/s1. The van der Waals surface area contributed by atoms with Gasteiger partial charge in [0.25, 0.3) is 0 Å². The number of thioether (sulfide) groups is 1. The second-order valence-corrected chi connectivity index (χ2v) is 9.14. The lowest BCUT2D eigenvalue weighted by atomic mass is 9.85. The second-order valence-electron chi connectivity index (χ2n) is 7.91. The van der Waals surface area contributed by atoms with Crippen LogP contribution in [0.15, 0.2) is 60.6 Å². The molecule has 0 bridgehead atoms. The molecule has 5 rings (SSSR count). The SMILES string of the molecule is C[C@@H](N1CC2N=C(c3cncnc3)SC2C1)[C@](O)(Cn1cncn1)c1ccccc1F. The number of aliphatic imine (C=N–C) groups is 1. The Morgan fingerprint density at radius 2 is 2.00 bits per heavy atom. The predicted molar refractivity (Wildman–Crippen MR) is 115 cm³/mol. The Morgan fingerprint density at radius 3 is 2.71 bits per heavy atom. The van der Waals surface area contributed by atoms with Crippen molar-refractivity contribution >= 4 is 16.8 Å². The summed E-state index contributed by atoms with van der Waals surface area (Å²) in [6, 6.07) is 6.13. The maximum absolute atomic E-state index is 14.8. The smallest absolute Gasteiger partial charge is 0.137 e. The predicted octanol–water partition coefficient (Wildman–Crippen LogP) is 1.73. The molecule has 2 unspecified atom stereocenters. The van der Waals surface area contributed by atoms with Crippen molar-refractivity contribution in [2.24, 2.45) is 4.99 Å². The largest absolute Gasteiger partial charge is 0.381 e. The Kier molecular flexibility index (Phi) is 5.28. The summed E-state index contributed by atoms with van der Waals surface area (Å²) in [6.07, 6.45) is 8.00. The number of likely N-dealkylation sites (tertiary alicyclic amines) is 1. The second kappa shape index (κ2) is 8.10.